The minimum Gasteiger partial charge on any atom is -0.383 e. The lowest BCUT2D eigenvalue weighted by molar-refractivity contribution is -0.136. The van der Waals surface area contributed by atoms with Crippen LogP contribution in [0.15, 0.2) is 50.2 Å². The fraction of sp³-hybridized carbons (Fsp3) is 0.548. The predicted octanol–water partition coefficient (Wildman–Crippen LogP) is -1.03. The second-order valence-electron chi connectivity index (χ2n) is 11.9. The van der Waals surface area contributed by atoms with Gasteiger partial charge >= 0.3 is 0 Å². The molecule has 13 N–H and O–H groups in total. The van der Waals surface area contributed by atoms with E-state index in [1.165, 1.54) is 10.5 Å². The molecule has 2 rings (SSSR count). The molecule has 17 heteroatoms. The molecule has 0 bridgehead atoms. The Morgan fingerprint density at radius 3 is 2.15 bits per heavy atom. The van der Waals surface area contributed by atoms with Crippen LogP contribution in [0.2, 0.25) is 0 Å². The van der Waals surface area contributed by atoms with Gasteiger partial charge in [-0.1, -0.05) is 35.9 Å². The van der Waals surface area contributed by atoms with E-state index in [-0.39, 0.29) is 40.4 Å². The van der Waals surface area contributed by atoms with Crippen LogP contribution in [0.1, 0.15) is 49.7 Å². The molecule has 1 aromatic carbocycles. The van der Waals surface area contributed by atoms with Gasteiger partial charge in [0.05, 0.1) is 6.04 Å². The molecule has 1 unspecified atom stereocenters. The third-order valence-corrected chi connectivity index (χ3v) is 7.87. The van der Waals surface area contributed by atoms with Gasteiger partial charge in [0, 0.05) is 27.2 Å². The minimum absolute atomic E-state index is 0.0356. The number of amides is 3. The monoisotopic (exact) mass is 689 g/mol. The summed E-state index contributed by atoms with van der Waals surface area (Å²) < 4.78 is 0. The molecule has 0 aliphatic carbocycles. The highest BCUT2D eigenvalue weighted by molar-refractivity contribution is 6.45. The molecule has 0 fully saturated rings. The number of hydrogen-bond donors (Lipinski definition) is 8. The van der Waals surface area contributed by atoms with Crippen LogP contribution in [0.5, 0.6) is 0 Å². The van der Waals surface area contributed by atoms with E-state index < -0.39 is 24.2 Å². The number of likely N-dealkylation sites (N-methyl/N-ethyl adjacent to an activating group) is 2. The highest BCUT2D eigenvalue weighted by Gasteiger charge is 2.28. The Labute approximate surface area is 287 Å². The van der Waals surface area contributed by atoms with Crippen LogP contribution in [0.3, 0.4) is 0 Å². The number of guanidine groups is 2. The molecule has 48 heavy (non-hydrogen) atoms. The number of aryl methyl sites for hydroxylation is 2. The molecule has 0 saturated carbocycles. The molecule has 0 aromatic heterocycles. The van der Waals surface area contributed by atoms with Gasteiger partial charge in [0.1, 0.15) is 23.7 Å². The third-order valence-electron chi connectivity index (χ3n) is 7.58. The van der Waals surface area contributed by atoms with Gasteiger partial charge in [-0.25, -0.2) is 4.99 Å². The van der Waals surface area contributed by atoms with Gasteiger partial charge in [0.25, 0.3) is 5.91 Å². The van der Waals surface area contributed by atoms with E-state index in [9.17, 15) is 14.4 Å². The molecule has 1 aliphatic heterocycles. The van der Waals surface area contributed by atoms with Crippen molar-refractivity contribution in [3.05, 3.63) is 46.4 Å². The van der Waals surface area contributed by atoms with Gasteiger partial charge in [-0.05, 0) is 76.6 Å². The van der Waals surface area contributed by atoms with Crippen molar-refractivity contribution >= 4 is 47.0 Å². The van der Waals surface area contributed by atoms with Crippen molar-refractivity contribution in [2.45, 2.75) is 69.6 Å². The van der Waals surface area contributed by atoms with E-state index in [1.807, 2.05) is 19.0 Å². The number of unbranched alkanes of at least 4 members (excludes halogenated alkanes) is 2. The topological polar surface area (TPSA) is 261 Å². The molecular weight excluding hydrogens is 638 g/mol. The first-order chi connectivity index (χ1) is 22.7. The van der Waals surface area contributed by atoms with Gasteiger partial charge in [-0.3, -0.25) is 34.6 Å². The van der Waals surface area contributed by atoms with Crippen LogP contribution in [-0.4, -0.2) is 105 Å². The Balaban J connectivity index is 1.81. The summed E-state index contributed by atoms with van der Waals surface area (Å²) in [5.74, 6) is -0.864. The molecule has 3 amide bonds. The van der Waals surface area contributed by atoms with Crippen LogP contribution in [-0.2, 0) is 27.2 Å². The number of halogens is 1. The Morgan fingerprint density at radius 1 is 0.938 bits per heavy atom. The minimum atomic E-state index is -0.914. The van der Waals surface area contributed by atoms with Crippen molar-refractivity contribution in [1.29, 1.82) is 0 Å². The predicted molar refractivity (Wildman–Crippen MR) is 191 cm³/mol. The fourth-order valence-electron chi connectivity index (χ4n) is 4.89. The summed E-state index contributed by atoms with van der Waals surface area (Å²) in [6.07, 6.45) is 4.75. The zero-order valence-electron chi connectivity index (χ0n) is 28.3. The van der Waals surface area contributed by atoms with Crippen LogP contribution < -0.4 is 44.6 Å². The Kier molecular flexibility index (Phi) is 16.6. The fourth-order valence-corrected chi connectivity index (χ4v) is 5.03. The highest BCUT2D eigenvalue weighted by Crippen LogP contribution is 2.14. The first kappa shape index (κ1) is 39.8. The van der Waals surface area contributed by atoms with Crippen LogP contribution in [0.4, 0.5) is 0 Å². The SMILES string of the molecule is CN(C)C(=O)[C@H](CCCCN=C(N)N)NC(=O)[C@H](CCc1ccc(CCCCN=C(N)NC(=O)C2=NC(Cl)=C(N)NC2N)cc1)N(C)C. The molecule has 1 heterocycles. The van der Waals surface area contributed by atoms with Crippen molar-refractivity contribution in [3.8, 4) is 0 Å². The first-order valence-corrected chi connectivity index (χ1v) is 16.3. The van der Waals surface area contributed by atoms with Gasteiger partial charge in [-0.15, -0.1) is 0 Å². The zero-order valence-corrected chi connectivity index (χ0v) is 29.1. The lowest BCUT2D eigenvalue weighted by Crippen LogP contribution is -2.55. The largest absolute Gasteiger partial charge is 0.383 e. The average Bonchev–Trinajstić information content (AvgIpc) is 3.01. The standard InChI is InChI=1S/C31H52ClN13O3/c1-44(2)22(27(46)40-21(29(48)45(3)4)10-6-8-17-38-30(35)36)16-15-20-13-11-19(12-14-20)9-5-7-18-39-31(37)43-28(47)23-25(33)42-26(34)24(32)41-23/h11-14,21-22,25,42H,5-10,15-18,33-34H2,1-4H3,(H,40,46)(H4,35,36,38)(H3,37,39,43,47)/t21-,22-,25?/m0/s1. The molecule has 16 nitrogen and oxygen atoms in total. The number of carbonyl (C=O) groups is 3. The Hall–Kier alpha value is -4.41. The second kappa shape index (κ2) is 20.1. The number of benzene rings is 1. The number of hydrogen-bond acceptors (Lipinski definition) is 10. The third kappa shape index (κ3) is 13.8. The molecule has 1 aromatic rings. The van der Waals surface area contributed by atoms with Gasteiger partial charge < -0.3 is 44.2 Å². The summed E-state index contributed by atoms with van der Waals surface area (Å²) in [5.41, 5.74) is 30.3. The average molecular weight is 690 g/mol. The quantitative estimate of drug-likeness (QED) is 0.0402. The number of aliphatic imine (C=N–C) groups is 3. The summed E-state index contributed by atoms with van der Waals surface area (Å²) >= 11 is 5.87. The van der Waals surface area contributed by atoms with E-state index in [1.54, 1.807) is 14.1 Å². The lowest BCUT2D eigenvalue weighted by atomic mass is 10.0. The maximum absolute atomic E-state index is 13.3. The van der Waals surface area contributed by atoms with Crippen LogP contribution in [0.25, 0.3) is 0 Å². The van der Waals surface area contributed by atoms with E-state index in [2.05, 4.69) is 55.2 Å². The number of rotatable bonds is 18. The zero-order chi connectivity index (χ0) is 35.8. The van der Waals surface area contributed by atoms with E-state index >= 15 is 0 Å². The molecule has 0 radical (unpaired) electrons. The number of nitrogens with one attached hydrogen (secondary N) is 3. The maximum Gasteiger partial charge on any atom is 0.275 e. The van der Waals surface area contributed by atoms with E-state index in [4.69, 9.17) is 40.3 Å². The van der Waals surface area contributed by atoms with Gasteiger partial charge in [0.15, 0.2) is 17.1 Å². The summed E-state index contributed by atoms with van der Waals surface area (Å²) in [4.78, 5) is 54.0. The van der Waals surface area contributed by atoms with E-state index in [0.29, 0.717) is 45.2 Å². The molecule has 266 valence electrons. The molecule has 0 spiro atoms. The summed E-state index contributed by atoms with van der Waals surface area (Å²) in [6, 6.07) is 7.28. The summed E-state index contributed by atoms with van der Waals surface area (Å²) in [7, 11) is 7.08. The smallest absolute Gasteiger partial charge is 0.275 e. The van der Waals surface area contributed by atoms with Gasteiger partial charge in [0.2, 0.25) is 11.8 Å². The van der Waals surface area contributed by atoms with Crippen LogP contribution >= 0.6 is 11.6 Å². The number of carbonyl (C=O) groups excluding carboxylic acids is 3. The molecule has 1 aliphatic rings. The van der Waals surface area contributed by atoms with E-state index in [0.717, 1.165) is 24.8 Å². The number of nitrogens with two attached hydrogens (primary N) is 5. The normalized spacial score (nSPS) is 16.0. The number of nitrogens with zero attached hydrogens (tertiary/aromatic N) is 5. The Morgan fingerprint density at radius 2 is 1.54 bits per heavy atom. The van der Waals surface area contributed by atoms with Crippen LogP contribution in [0, 0.1) is 0 Å². The van der Waals surface area contributed by atoms with Gasteiger partial charge in [-0.2, -0.15) is 0 Å². The lowest BCUT2D eigenvalue weighted by Gasteiger charge is -2.27. The highest BCUT2D eigenvalue weighted by atomic mass is 35.5. The Bertz CT molecular complexity index is 1360. The summed E-state index contributed by atoms with van der Waals surface area (Å²) in [6.45, 7) is 0.905. The van der Waals surface area contributed by atoms with Crippen molar-refractivity contribution < 1.29 is 14.4 Å². The van der Waals surface area contributed by atoms with Crippen molar-refractivity contribution in [2.75, 3.05) is 41.3 Å². The summed E-state index contributed by atoms with van der Waals surface area (Å²) in [5, 5.41) is 8.03. The van der Waals surface area contributed by atoms with Crippen molar-refractivity contribution in [2.24, 2.45) is 43.6 Å². The molecular formula is C31H52ClN13O3. The molecule has 3 atom stereocenters. The second-order valence-corrected chi connectivity index (χ2v) is 12.3. The maximum atomic E-state index is 13.3. The van der Waals surface area contributed by atoms with Crippen molar-refractivity contribution in [1.82, 2.24) is 25.8 Å². The van der Waals surface area contributed by atoms with Crippen molar-refractivity contribution in [3.63, 3.8) is 0 Å². The molecule has 0 saturated heterocycles. The first-order valence-electron chi connectivity index (χ1n) is 15.9.